The van der Waals surface area contributed by atoms with Gasteiger partial charge in [-0.1, -0.05) is 5.16 Å². The molecule has 1 N–H and O–H groups in total. The molecule has 0 aromatic carbocycles. The van der Waals surface area contributed by atoms with E-state index in [2.05, 4.69) is 15.5 Å². The van der Waals surface area contributed by atoms with E-state index in [4.69, 9.17) is 9.26 Å². The second-order valence-electron chi connectivity index (χ2n) is 4.13. The highest BCUT2D eigenvalue weighted by Crippen LogP contribution is 2.25. The lowest BCUT2D eigenvalue weighted by atomic mass is 10.1. The van der Waals surface area contributed by atoms with Gasteiger partial charge in [0, 0.05) is 30.6 Å². The summed E-state index contributed by atoms with van der Waals surface area (Å²) < 4.78 is 10.6. The third-order valence-electron chi connectivity index (χ3n) is 2.97. The van der Waals surface area contributed by atoms with Crippen LogP contribution in [-0.2, 0) is 4.74 Å². The molecule has 0 saturated carbocycles. The molecule has 0 bridgehead atoms. The zero-order valence-corrected chi connectivity index (χ0v) is 9.83. The van der Waals surface area contributed by atoms with Crippen molar-refractivity contribution in [2.75, 3.05) is 31.3 Å². The fourth-order valence-corrected chi connectivity index (χ4v) is 2.94. The SMILES string of the molecule is C1CSCC(c2nc(C3CCOC3)no2)N1. The van der Waals surface area contributed by atoms with Crippen molar-refractivity contribution in [2.24, 2.45) is 0 Å². The summed E-state index contributed by atoms with van der Waals surface area (Å²) in [6.45, 7) is 2.55. The van der Waals surface area contributed by atoms with Crippen LogP contribution in [0.3, 0.4) is 0 Å². The Kier molecular flexibility index (Phi) is 3.12. The summed E-state index contributed by atoms with van der Waals surface area (Å²) in [6, 6.07) is 0.224. The topological polar surface area (TPSA) is 60.2 Å². The summed E-state index contributed by atoms with van der Waals surface area (Å²) >= 11 is 1.92. The molecule has 0 spiro atoms. The largest absolute Gasteiger partial charge is 0.381 e. The second-order valence-corrected chi connectivity index (χ2v) is 5.28. The Morgan fingerprint density at radius 2 is 2.44 bits per heavy atom. The first kappa shape index (κ1) is 10.6. The Bertz CT molecular complexity index is 346. The number of ether oxygens (including phenoxy) is 1. The maximum Gasteiger partial charge on any atom is 0.244 e. The summed E-state index contributed by atoms with van der Waals surface area (Å²) in [6.07, 6.45) is 1.01. The molecule has 0 radical (unpaired) electrons. The minimum absolute atomic E-state index is 0.224. The summed E-state index contributed by atoms with van der Waals surface area (Å²) in [5.74, 6) is 4.05. The van der Waals surface area contributed by atoms with Gasteiger partial charge in [-0.3, -0.25) is 0 Å². The fourth-order valence-electron chi connectivity index (χ4n) is 2.02. The van der Waals surface area contributed by atoms with Crippen LogP contribution in [0.25, 0.3) is 0 Å². The van der Waals surface area contributed by atoms with E-state index in [9.17, 15) is 0 Å². The van der Waals surface area contributed by atoms with Crippen LogP contribution in [-0.4, -0.2) is 41.4 Å². The molecule has 2 atom stereocenters. The van der Waals surface area contributed by atoms with Crippen molar-refractivity contribution in [1.82, 2.24) is 15.5 Å². The highest BCUT2D eigenvalue weighted by Gasteiger charge is 2.26. The minimum atomic E-state index is 0.224. The van der Waals surface area contributed by atoms with Crippen molar-refractivity contribution in [3.8, 4) is 0 Å². The van der Waals surface area contributed by atoms with Gasteiger partial charge in [-0.2, -0.15) is 16.7 Å². The average molecular weight is 241 g/mol. The molecule has 6 heteroatoms. The first-order chi connectivity index (χ1) is 7.93. The minimum Gasteiger partial charge on any atom is -0.381 e. The van der Waals surface area contributed by atoms with Gasteiger partial charge in [-0.15, -0.1) is 0 Å². The first-order valence-corrected chi connectivity index (χ1v) is 6.81. The lowest BCUT2D eigenvalue weighted by Crippen LogP contribution is -2.30. The van der Waals surface area contributed by atoms with Gasteiger partial charge in [-0.25, -0.2) is 0 Å². The van der Waals surface area contributed by atoms with E-state index >= 15 is 0 Å². The zero-order valence-electron chi connectivity index (χ0n) is 9.02. The van der Waals surface area contributed by atoms with E-state index in [-0.39, 0.29) is 6.04 Å². The molecule has 16 heavy (non-hydrogen) atoms. The molecule has 2 fully saturated rings. The Morgan fingerprint density at radius 3 is 3.19 bits per heavy atom. The lowest BCUT2D eigenvalue weighted by Gasteiger charge is -2.19. The third kappa shape index (κ3) is 2.09. The highest BCUT2D eigenvalue weighted by molar-refractivity contribution is 7.99. The van der Waals surface area contributed by atoms with Gasteiger partial charge in [0.25, 0.3) is 0 Å². The summed E-state index contributed by atoms with van der Waals surface area (Å²) in [5, 5.41) is 7.45. The third-order valence-corrected chi connectivity index (χ3v) is 4.03. The quantitative estimate of drug-likeness (QED) is 0.832. The van der Waals surface area contributed by atoms with E-state index in [0.29, 0.717) is 5.92 Å². The van der Waals surface area contributed by atoms with Crippen molar-refractivity contribution < 1.29 is 9.26 Å². The van der Waals surface area contributed by atoms with Crippen LogP contribution >= 0.6 is 11.8 Å². The predicted molar refractivity (Wildman–Crippen MR) is 60.5 cm³/mol. The molecule has 0 amide bonds. The summed E-state index contributed by atoms with van der Waals surface area (Å²) in [7, 11) is 0. The first-order valence-electron chi connectivity index (χ1n) is 5.66. The molecule has 1 aromatic rings. The number of nitrogens with one attached hydrogen (secondary N) is 1. The van der Waals surface area contributed by atoms with Crippen molar-refractivity contribution in [3.05, 3.63) is 11.7 Å². The molecule has 88 valence electrons. The second kappa shape index (κ2) is 4.73. The molecular weight excluding hydrogens is 226 g/mol. The van der Waals surface area contributed by atoms with Gasteiger partial charge in [-0.05, 0) is 6.42 Å². The molecule has 2 aliphatic rings. The molecule has 5 nitrogen and oxygen atoms in total. The molecule has 2 unspecified atom stereocenters. The number of rotatable bonds is 2. The molecule has 3 rings (SSSR count). The van der Waals surface area contributed by atoms with Gasteiger partial charge in [0.1, 0.15) is 0 Å². The number of hydrogen-bond donors (Lipinski definition) is 1. The van der Waals surface area contributed by atoms with Crippen LogP contribution in [0.1, 0.15) is 30.1 Å². The fraction of sp³-hybridized carbons (Fsp3) is 0.800. The molecule has 2 aliphatic heterocycles. The van der Waals surface area contributed by atoms with Gasteiger partial charge >= 0.3 is 0 Å². The van der Waals surface area contributed by atoms with Gasteiger partial charge in [0.2, 0.25) is 5.89 Å². The molecule has 0 aliphatic carbocycles. The van der Waals surface area contributed by atoms with E-state index in [1.54, 1.807) is 0 Å². The van der Waals surface area contributed by atoms with Crippen molar-refractivity contribution >= 4 is 11.8 Å². The van der Waals surface area contributed by atoms with Gasteiger partial charge < -0.3 is 14.6 Å². The van der Waals surface area contributed by atoms with Crippen LogP contribution in [0.15, 0.2) is 4.52 Å². The van der Waals surface area contributed by atoms with Gasteiger partial charge in [0.15, 0.2) is 5.82 Å². The monoisotopic (exact) mass is 241 g/mol. The standard InChI is InChI=1S/C10H15N3O2S/c1-3-14-5-7(1)9-12-10(15-13-9)8-6-16-4-2-11-8/h7-8,11H,1-6H2. The van der Waals surface area contributed by atoms with E-state index in [0.717, 1.165) is 49.4 Å². The Balaban J connectivity index is 1.71. The van der Waals surface area contributed by atoms with E-state index in [1.165, 1.54) is 0 Å². The number of thioether (sulfide) groups is 1. The van der Waals surface area contributed by atoms with Crippen LogP contribution in [0.2, 0.25) is 0 Å². The highest BCUT2D eigenvalue weighted by atomic mass is 32.2. The zero-order chi connectivity index (χ0) is 10.8. The summed E-state index contributed by atoms with van der Waals surface area (Å²) in [4.78, 5) is 4.48. The molecule has 3 heterocycles. The van der Waals surface area contributed by atoms with Crippen LogP contribution in [0, 0.1) is 0 Å². The molecular formula is C10H15N3O2S. The van der Waals surface area contributed by atoms with Crippen molar-refractivity contribution in [1.29, 1.82) is 0 Å². The molecule has 1 aromatic heterocycles. The van der Waals surface area contributed by atoms with Crippen molar-refractivity contribution in [2.45, 2.75) is 18.4 Å². The average Bonchev–Trinajstić information content (AvgIpc) is 3.01. The van der Waals surface area contributed by atoms with E-state index in [1.807, 2.05) is 11.8 Å². The van der Waals surface area contributed by atoms with Crippen LogP contribution < -0.4 is 5.32 Å². The smallest absolute Gasteiger partial charge is 0.244 e. The lowest BCUT2D eigenvalue weighted by molar-refractivity contribution is 0.192. The number of aromatic nitrogens is 2. The Morgan fingerprint density at radius 1 is 1.44 bits per heavy atom. The Labute approximate surface area is 98.3 Å². The van der Waals surface area contributed by atoms with Crippen LogP contribution in [0.5, 0.6) is 0 Å². The maximum atomic E-state index is 5.32. The van der Waals surface area contributed by atoms with Gasteiger partial charge in [0.05, 0.1) is 12.6 Å². The van der Waals surface area contributed by atoms with Crippen molar-refractivity contribution in [3.63, 3.8) is 0 Å². The normalized spacial score (nSPS) is 30.8. The number of nitrogens with zero attached hydrogens (tertiary/aromatic N) is 2. The maximum absolute atomic E-state index is 5.32. The van der Waals surface area contributed by atoms with E-state index < -0.39 is 0 Å². The number of hydrogen-bond acceptors (Lipinski definition) is 6. The Hall–Kier alpha value is -0.590. The summed E-state index contributed by atoms with van der Waals surface area (Å²) in [5.41, 5.74) is 0. The molecule has 2 saturated heterocycles. The van der Waals surface area contributed by atoms with Crippen LogP contribution in [0.4, 0.5) is 0 Å². The predicted octanol–water partition coefficient (Wildman–Crippen LogP) is 0.951.